The number of allylic oxidation sites excluding steroid dienone is 2. The molecule has 152 valence electrons. The molecule has 2 heterocycles. The highest BCUT2D eigenvalue weighted by Crippen LogP contribution is 2.40. The van der Waals surface area contributed by atoms with Crippen molar-refractivity contribution < 1.29 is 19.0 Å². The number of carbonyl (C=O) groups excluding carboxylic acids is 1. The van der Waals surface area contributed by atoms with Crippen LogP contribution in [-0.2, 0) is 9.53 Å². The fourth-order valence-corrected chi connectivity index (χ4v) is 3.64. The number of esters is 1. The average Bonchev–Trinajstić information content (AvgIpc) is 3.20. The van der Waals surface area contributed by atoms with Gasteiger partial charge in [-0.3, -0.25) is 0 Å². The Kier molecular flexibility index (Phi) is 4.81. The van der Waals surface area contributed by atoms with Crippen LogP contribution in [0.4, 0.5) is 0 Å². The Hall–Kier alpha value is -3.83. The summed E-state index contributed by atoms with van der Waals surface area (Å²) in [5.74, 6) is 1.68. The minimum atomic E-state index is -0.521. The van der Waals surface area contributed by atoms with Crippen LogP contribution in [0.5, 0.6) is 11.5 Å². The Bertz CT molecular complexity index is 1290. The van der Waals surface area contributed by atoms with E-state index in [1.54, 1.807) is 31.4 Å². The van der Waals surface area contributed by atoms with Gasteiger partial charge in [0.2, 0.25) is 5.90 Å². The van der Waals surface area contributed by atoms with E-state index in [2.05, 4.69) is 4.99 Å². The second kappa shape index (κ2) is 7.78. The molecule has 2 aliphatic heterocycles. The summed E-state index contributed by atoms with van der Waals surface area (Å²) < 4.78 is 16.8. The topological polar surface area (TPSA) is 57.1 Å². The number of aliphatic imine (C=N–C) groups is 1. The summed E-state index contributed by atoms with van der Waals surface area (Å²) in [6, 6.07) is 22.0. The molecule has 3 aromatic carbocycles. The van der Waals surface area contributed by atoms with E-state index in [9.17, 15) is 4.79 Å². The summed E-state index contributed by atoms with van der Waals surface area (Å²) in [5.41, 5.74) is 3.10. The number of hydrogen-bond acceptors (Lipinski definition) is 5. The van der Waals surface area contributed by atoms with Gasteiger partial charge in [0.25, 0.3) is 0 Å². The van der Waals surface area contributed by atoms with Crippen LogP contribution in [0.2, 0.25) is 5.02 Å². The van der Waals surface area contributed by atoms with Crippen molar-refractivity contribution >= 4 is 34.8 Å². The van der Waals surface area contributed by atoms with Gasteiger partial charge in [-0.2, -0.15) is 0 Å². The number of halogens is 1. The average molecular weight is 430 g/mol. The zero-order valence-corrected chi connectivity index (χ0v) is 17.2. The first kappa shape index (κ1) is 19.2. The van der Waals surface area contributed by atoms with Crippen LogP contribution >= 0.6 is 11.6 Å². The maximum absolute atomic E-state index is 12.8. The Morgan fingerprint density at radius 3 is 2.48 bits per heavy atom. The normalized spacial score (nSPS) is 17.3. The number of carbonyl (C=O) groups is 1. The fourth-order valence-electron chi connectivity index (χ4n) is 3.45. The predicted octanol–water partition coefficient (Wildman–Crippen LogP) is 5.50. The Morgan fingerprint density at radius 1 is 0.903 bits per heavy atom. The summed E-state index contributed by atoms with van der Waals surface area (Å²) in [6.07, 6.45) is 1.81. The molecule has 3 aromatic rings. The van der Waals surface area contributed by atoms with Crippen LogP contribution < -0.4 is 9.47 Å². The van der Waals surface area contributed by atoms with Crippen LogP contribution in [0.3, 0.4) is 0 Å². The van der Waals surface area contributed by atoms with E-state index in [0.717, 1.165) is 16.9 Å². The largest absolute Gasteiger partial charge is 0.497 e. The molecule has 0 saturated carbocycles. The summed E-state index contributed by atoms with van der Waals surface area (Å²) in [5, 5.41) is 0.537. The Morgan fingerprint density at radius 2 is 1.71 bits per heavy atom. The molecule has 0 fully saturated rings. The van der Waals surface area contributed by atoms with E-state index < -0.39 is 5.97 Å². The smallest absolute Gasteiger partial charge is 0.364 e. The van der Waals surface area contributed by atoms with Crippen molar-refractivity contribution in [1.82, 2.24) is 0 Å². The monoisotopic (exact) mass is 429 g/mol. The second-order valence-electron chi connectivity index (χ2n) is 6.91. The summed E-state index contributed by atoms with van der Waals surface area (Å²) in [4.78, 5) is 17.3. The van der Waals surface area contributed by atoms with Crippen LogP contribution in [0.15, 0.2) is 89.6 Å². The highest BCUT2D eigenvalue weighted by atomic mass is 35.5. The van der Waals surface area contributed by atoms with Gasteiger partial charge in [0.15, 0.2) is 5.70 Å². The third kappa shape index (κ3) is 3.60. The molecule has 6 heteroatoms. The molecule has 0 spiro atoms. The van der Waals surface area contributed by atoms with Gasteiger partial charge in [0.05, 0.1) is 7.11 Å². The molecule has 0 aliphatic carbocycles. The first-order chi connectivity index (χ1) is 15.1. The molecule has 5 rings (SSSR count). The molecule has 2 aliphatic rings. The van der Waals surface area contributed by atoms with Gasteiger partial charge < -0.3 is 14.2 Å². The van der Waals surface area contributed by atoms with E-state index in [1.165, 1.54) is 0 Å². The molecular formula is C25H16ClNO4. The number of benzene rings is 3. The molecule has 0 amide bonds. The minimum Gasteiger partial charge on any atom is -0.497 e. The SMILES string of the molecule is COc1ccc(C2=CC(=C3N=C(c4cccc(Cl)c4)OC3=O)c3ccccc3O2)cc1. The van der Waals surface area contributed by atoms with E-state index in [0.29, 0.717) is 27.7 Å². The molecule has 0 bridgehead atoms. The van der Waals surface area contributed by atoms with E-state index in [-0.39, 0.29) is 11.6 Å². The highest BCUT2D eigenvalue weighted by molar-refractivity contribution is 6.31. The Balaban J connectivity index is 1.65. The molecular weight excluding hydrogens is 414 g/mol. The van der Waals surface area contributed by atoms with Gasteiger partial charge in [-0.1, -0.05) is 35.9 Å². The van der Waals surface area contributed by atoms with Crippen molar-refractivity contribution in [3.05, 3.63) is 106 Å². The van der Waals surface area contributed by atoms with Crippen LogP contribution in [-0.4, -0.2) is 19.0 Å². The number of hydrogen-bond donors (Lipinski definition) is 0. The number of methoxy groups -OCH3 is 1. The lowest BCUT2D eigenvalue weighted by Gasteiger charge is -2.20. The maximum Gasteiger partial charge on any atom is 0.364 e. The van der Waals surface area contributed by atoms with Gasteiger partial charge in [-0.25, -0.2) is 9.79 Å². The predicted molar refractivity (Wildman–Crippen MR) is 119 cm³/mol. The lowest BCUT2D eigenvalue weighted by molar-refractivity contribution is -0.129. The van der Waals surface area contributed by atoms with Crippen molar-refractivity contribution in [3.8, 4) is 11.5 Å². The van der Waals surface area contributed by atoms with Gasteiger partial charge in [-0.05, 0) is 54.6 Å². The van der Waals surface area contributed by atoms with Crippen molar-refractivity contribution in [1.29, 1.82) is 0 Å². The molecule has 0 atom stereocenters. The summed E-state index contributed by atoms with van der Waals surface area (Å²) >= 11 is 6.08. The summed E-state index contributed by atoms with van der Waals surface area (Å²) in [6.45, 7) is 0. The third-order valence-corrected chi connectivity index (χ3v) is 5.20. The van der Waals surface area contributed by atoms with Crippen LogP contribution in [0.1, 0.15) is 16.7 Å². The first-order valence-corrected chi connectivity index (χ1v) is 9.94. The van der Waals surface area contributed by atoms with Crippen molar-refractivity contribution in [2.45, 2.75) is 0 Å². The van der Waals surface area contributed by atoms with Gasteiger partial charge in [0.1, 0.15) is 17.3 Å². The van der Waals surface area contributed by atoms with Crippen molar-refractivity contribution in [2.75, 3.05) is 7.11 Å². The van der Waals surface area contributed by atoms with Crippen molar-refractivity contribution in [2.24, 2.45) is 4.99 Å². The Labute approximate surface area is 183 Å². The fraction of sp³-hybridized carbons (Fsp3) is 0.0400. The number of para-hydroxylation sites is 1. The zero-order chi connectivity index (χ0) is 21.4. The van der Waals surface area contributed by atoms with Gasteiger partial charge >= 0.3 is 5.97 Å². The quantitative estimate of drug-likeness (QED) is 0.407. The highest BCUT2D eigenvalue weighted by Gasteiger charge is 2.30. The number of cyclic esters (lactones) is 1. The number of rotatable bonds is 3. The summed E-state index contributed by atoms with van der Waals surface area (Å²) in [7, 11) is 1.62. The van der Waals surface area contributed by atoms with Crippen LogP contribution in [0.25, 0.3) is 11.3 Å². The van der Waals surface area contributed by atoms with E-state index in [1.807, 2.05) is 54.6 Å². The molecule has 0 unspecified atom stereocenters. The van der Waals surface area contributed by atoms with Gasteiger partial charge in [-0.15, -0.1) is 0 Å². The molecule has 0 N–H and O–H groups in total. The lowest BCUT2D eigenvalue weighted by Crippen LogP contribution is -2.08. The molecule has 0 saturated heterocycles. The molecule has 0 aromatic heterocycles. The lowest BCUT2D eigenvalue weighted by atomic mass is 9.97. The number of nitrogens with zero attached hydrogens (tertiary/aromatic N) is 1. The van der Waals surface area contributed by atoms with E-state index >= 15 is 0 Å². The molecule has 0 radical (unpaired) electrons. The zero-order valence-electron chi connectivity index (χ0n) is 16.5. The van der Waals surface area contributed by atoms with E-state index in [4.69, 9.17) is 25.8 Å². The van der Waals surface area contributed by atoms with Crippen LogP contribution in [0, 0.1) is 0 Å². The van der Waals surface area contributed by atoms with Gasteiger partial charge in [0, 0.05) is 27.3 Å². The molecule has 31 heavy (non-hydrogen) atoms. The third-order valence-electron chi connectivity index (χ3n) is 4.97. The first-order valence-electron chi connectivity index (χ1n) is 9.57. The minimum absolute atomic E-state index is 0.219. The maximum atomic E-state index is 12.8. The molecule has 5 nitrogen and oxygen atoms in total. The number of fused-ring (bicyclic) bond motifs is 1. The second-order valence-corrected chi connectivity index (χ2v) is 7.35. The van der Waals surface area contributed by atoms with Crippen molar-refractivity contribution in [3.63, 3.8) is 0 Å². The standard InChI is InChI=1S/C25H16ClNO4/c1-29-18-11-9-15(10-12-18)22-14-20(19-7-2-3-8-21(19)30-22)23-25(28)31-24(27-23)16-5-4-6-17(26)13-16/h2-14H,1H3. The number of ether oxygens (including phenoxy) is 3.